The zero-order chi connectivity index (χ0) is 14.8. The molecule has 3 rings (SSSR count). The summed E-state index contributed by atoms with van der Waals surface area (Å²) in [6, 6.07) is 2.69. The molecule has 0 radical (unpaired) electrons. The van der Waals surface area contributed by atoms with Crippen molar-refractivity contribution in [3.63, 3.8) is 0 Å². The number of hydrogen-bond acceptors (Lipinski definition) is 5. The molecule has 0 aliphatic carbocycles. The number of rotatable bonds is 4. The van der Waals surface area contributed by atoms with E-state index in [0.29, 0.717) is 18.8 Å². The molecular weight excluding hydrogens is 273 g/mol. The zero-order valence-electron chi connectivity index (χ0n) is 11.7. The molecule has 3 heterocycles. The Bertz CT molecular complexity index is 639. The summed E-state index contributed by atoms with van der Waals surface area (Å²) in [4.78, 5) is 18.3. The van der Waals surface area contributed by atoms with Gasteiger partial charge in [-0.25, -0.2) is 4.39 Å². The number of carbonyl (C=O) groups is 1. The van der Waals surface area contributed by atoms with E-state index in [9.17, 15) is 9.18 Å². The Morgan fingerprint density at radius 1 is 1.43 bits per heavy atom. The lowest BCUT2D eigenvalue weighted by atomic mass is 10.0. The first kappa shape index (κ1) is 13.8. The molecule has 0 amide bonds. The third kappa shape index (κ3) is 2.97. The molecule has 2 aromatic rings. The number of ketones is 1. The lowest BCUT2D eigenvalue weighted by Crippen LogP contribution is -2.38. The van der Waals surface area contributed by atoms with Crippen LogP contribution >= 0.6 is 0 Å². The van der Waals surface area contributed by atoms with Crippen LogP contribution in [0.4, 0.5) is 4.39 Å². The minimum Gasteiger partial charge on any atom is -0.315 e. The number of pyridine rings is 1. The monoisotopic (exact) mass is 289 g/mol. The van der Waals surface area contributed by atoms with Crippen molar-refractivity contribution < 1.29 is 9.18 Å². The number of nitrogens with zero attached hydrogens (tertiary/aromatic N) is 5. The number of Topliss-reactive ketones (excluding diaryl/α,β-unsaturated/α-hetero) is 1. The maximum absolute atomic E-state index is 12.8. The van der Waals surface area contributed by atoms with Crippen molar-refractivity contribution in [2.75, 3.05) is 13.1 Å². The molecule has 0 fully saturated rings. The van der Waals surface area contributed by atoms with Crippen molar-refractivity contribution in [1.82, 2.24) is 24.6 Å². The molecule has 6 nitrogen and oxygen atoms in total. The Hall–Kier alpha value is -2.15. The van der Waals surface area contributed by atoms with Crippen LogP contribution < -0.4 is 0 Å². The number of carbonyl (C=O) groups excluding carboxylic acids is 1. The summed E-state index contributed by atoms with van der Waals surface area (Å²) in [5.74, 6) is 0.217. The van der Waals surface area contributed by atoms with Gasteiger partial charge in [-0.3, -0.25) is 14.7 Å². The van der Waals surface area contributed by atoms with E-state index in [1.807, 2.05) is 11.5 Å². The normalized spacial score (nSPS) is 16.5. The van der Waals surface area contributed by atoms with Crippen LogP contribution in [0.5, 0.6) is 0 Å². The third-order valence-electron chi connectivity index (χ3n) is 3.68. The van der Waals surface area contributed by atoms with Gasteiger partial charge in [0.05, 0.1) is 12.7 Å². The Labute approximate surface area is 121 Å². The van der Waals surface area contributed by atoms with Crippen LogP contribution in [0, 0.1) is 11.7 Å². The summed E-state index contributed by atoms with van der Waals surface area (Å²) in [6.45, 7) is 4.88. The average molecular weight is 289 g/mol. The first-order valence-electron chi connectivity index (χ1n) is 6.88. The predicted molar refractivity (Wildman–Crippen MR) is 73.0 cm³/mol. The quantitative estimate of drug-likeness (QED) is 0.790. The van der Waals surface area contributed by atoms with Gasteiger partial charge in [0.15, 0.2) is 5.78 Å². The Balaban J connectivity index is 1.63. The Morgan fingerprint density at radius 2 is 2.29 bits per heavy atom. The van der Waals surface area contributed by atoms with Crippen LogP contribution in [0.15, 0.2) is 24.7 Å². The van der Waals surface area contributed by atoms with Crippen LogP contribution in [0.1, 0.15) is 23.2 Å². The molecule has 0 spiro atoms. The van der Waals surface area contributed by atoms with Crippen molar-refractivity contribution in [2.45, 2.75) is 20.0 Å². The fourth-order valence-electron chi connectivity index (χ4n) is 2.52. The molecule has 21 heavy (non-hydrogen) atoms. The number of aromatic nitrogens is 4. The van der Waals surface area contributed by atoms with Gasteiger partial charge in [-0.2, -0.15) is 0 Å². The molecular formula is C14H16FN5O. The predicted octanol–water partition coefficient (Wildman–Crippen LogP) is 1.15. The summed E-state index contributed by atoms with van der Waals surface area (Å²) in [5, 5.41) is 7.94. The Morgan fingerprint density at radius 3 is 3.05 bits per heavy atom. The number of fused-ring (bicyclic) bond motifs is 1. The fourth-order valence-corrected chi connectivity index (χ4v) is 2.52. The second-order valence-electron chi connectivity index (χ2n) is 5.30. The summed E-state index contributed by atoms with van der Waals surface area (Å²) in [6.07, 6.45) is 2.80. The molecule has 1 unspecified atom stereocenters. The minimum atomic E-state index is -0.436. The van der Waals surface area contributed by atoms with Gasteiger partial charge in [0.25, 0.3) is 0 Å². The van der Waals surface area contributed by atoms with E-state index in [1.54, 1.807) is 6.33 Å². The minimum absolute atomic E-state index is 0.0676. The molecule has 110 valence electrons. The van der Waals surface area contributed by atoms with Crippen molar-refractivity contribution in [3.05, 3.63) is 42.0 Å². The first-order valence-corrected chi connectivity index (χ1v) is 6.88. The highest BCUT2D eigenvalue weighted by Gasteiger charge is 2.23. The first-order chi connectivity index (χ1) is 10.1. The molecule has 2 aromatic heterocycles. The van der Waals surface area contributed by atoms with Crippen LogP contribution in [0.3, 0.4) is 0 Å². The molecule has 0 saturated carbocycles. The average Bonchev–Trinajstić information content (AvgIpc) is 2.95. The van der Waals surface area contributed by atoms with E-state index in [-0.39, 0.29) is 11.7 Å². The molecule has 1 aliphatic rings. The molecule has 0 saturated heterocycles. The van der Waals surface area contributed by atoms with Gasteiger partial charge in [0.1, 0.15) is 23.7 Å². The molecule has 0 aromatic carbocycles. The molecule has 1 atom stereocenters. The van der Waals surface area contributed by atoms with Crippen molar-refractivity contribution in [2.24, 2.45) is 5.92 Å². The smallest absolute Gasteiger partial charge is 0.185 e. The highest BCUT2D eigenvalue weighted by Crippen LogP contribution is 2.14. The van der Waals surface area contributed by atoms with E-state index in [4.69, 9.17) is 0 Å². The van der Waals surface area contributed by atoms with Crippen LogP contribution in [-0.4, -0.2) is 43.5 Å². The van der Waals surface area contributed by atoms with Gasteiger partial charge in [-0.1, -0.05) is 6.92 Å². The number of halogens is 1. The summed E-state index contributed by atoms with van der Waals surface area (Å²) >= 11 is 0. The molecule has 0 bridgehead atoms. The third-order valence-corrected chi connectivity index (χ3v) is 3.68. The van der Waals surface area contributed by atoms with Gasteiger partial charge in [0, 0.05) is 25.6 Å². The van der Waals surface area contributed by atoms with Gasteiger partial charge in [-0.05, 0) is 12.1 Å². The lowest BCUT2D eigenvalue weighted by Gasteiger charge is -2.28. The summed E-state index contributed by atoms with van der Waals surface area (Å²) in [5.41, 5.74) is 0.309. The van der Waals surface area contributed by atoms with E-state index in [2.05, 4.69) is 20.1 Å². The van der Waals surface area contributed by atoms with Crippen molar-refractivity contribution >= 4 is 5.78 Å². The fraction of sp³-hybridized carbons (Fsp3) is 0.429. The zero-order valence-corrected chi connectivity index (χ0v) is 11.7. The SMILES string of the molecule is CC(CN1CCn2cnnc2C1)C(=O)c1ccc(F)cn1. The van der Waals surface area contributed by atoms with E-state index < -0.39 is 5.82 Å². The van der Waals surface area contributed by atoms with Gasteiger partial charge in [0.2, 0.25) is 0 Å². The largest absolute Gasteiger partial charge is 0.315 e. The number of hydrogen-bond donors (Lipinski definition) is 0. The van der Waals surface area contributed by atoms with Gasteiger partial charge < -0.3 is 4.57 Å². The maximum atomic E-state index is 12.8. The Kier molecular flexibility index (Phi) is 3.74. The van der Waals surface area contributed by atoms with Crippen molar-refractivity contribution in [1.29, 1.82) is 0 Å². The summed E-state index contributed by atoms with van der Waals surface area (Å²) < 4.78 is 14.9. The van der Waals surface area contributed by atoms with Crippen LogP contribution in [0.2, 0.25) is 0 Å². The van der Waals surface area contributed by atoms with Crippen LogP contribution in [0.25, 0.3) is 0 Å². The summed E-state index contributed by atoms with van der Waals surface area (Å²) in [7, 11) is 0. The molecule has 1 aliphatic heterocycles. The second kappa shape index (κ2) is 5.69. The highest BCUT2D eigenvalue weighted by molar-refractivity contribution is 5.95. The second-order valence-corrected chi connectivity index (χ2v) is 5.30. The highest BCUT2D eigenvalue weighted by atomic mass is 19.1. The van der Waals surface area contributed by atoms with E-state index in [1.165, 1.54) is 12.1 Å². The lowest BCUT2D eigenvalue weighted by molar-refractivity contribution is 0.0872. The van der Waals surface area contributed by atoms with E-state index >= 15 is 0 Å². The van der Waals surface area contributed by atoms with Crippen molar-refractivity contribution in [3.8, 4) is 0 Å². The van der Waals surface area contributed by atoms with Crippen LogP contribution in [-0.2, 0) is 13.1 Å². The topological polar surface area (TPSA) is 63.9 Å². The van der Waals surface area contributed by atoms with Gasteiger partial charge >= 0.3 is 0 Å². The molecule has 0 N–H and O–H groups in total. The maximum Gasteiger partial charge on any atom is 0.185 e. The molecule has 7 heteroatoms. The van der Waals surface area contributed by atoms with E-state index in [0.717, 1.165) is 25.1 Å². The standard InChI is InChI=1S/C14H16FN5O/c1-10(14(21)12-3-2-11(15)6-16-12)7-19-4-5-20-9-17-18-13(20)8-19/h2-3,6,9-10H,4-5,7-8H2,1H3. The van der Waals surface area contributed by atoms with Gasteiger partial charge in [-0.15, -0.1) is 10.2 Å².